The van der Waals surface area contributed by atoms with Gasteiger partial charge in [-0.25, -0.2) is 4.79 Å². The first kappa shape index (κ1) is 17.3. The third kappa shape index (κ3) is 5.25. The molecule has 5 nitrogen and oxygen atoms in total. The molecular formula is C15H22BNO4. The highest BCUT2D eigenvalue weighted by atomic mass is 16.6. The fourth-order valence-electron chi connectivity index (χ4n) is 1.72. The highest BCUT2D eigenvalue weighted by molar-refractivity contribution is 6.61. The summed E-state index contributed by atoms with van der Waals surface area (Å²) in [4.78, 5) is 12.3. The van der Waals surface area contributed by atoms with Crippen LogP contribution in [-0.4, -0.2) is 32.9 Å². The van der Waals surface area contributed by atoms with Crippen LogP contribution < -0.4 is 5.73 Å². The Morgan fingerprint density at radius 3 is 2.24 bits per heavy atom. The van der Waals surface area contributed by atoms with Crippen LogP contribution in [0.1, 0.15) is 26.3 Å². The minimum absolute atomic E-state index is 0.257. The summed E-state index contributed by atoms with van der Waals surface area (Å²) in [5.41, 5.74) is 6.82. The van der Waals surface area contributed by atoms with E-state index in [2.05, 4.69) is 0 Å². The van der Waals surface area contributed by atoms with Gasteiger partial charge in [-0.15, -0.1) is 0 Å². The van der Waals surface area contributed by atoms with Crippen LogP contribution in [-0.2, 0) is 18.8 Å². The van der Waals surface area contributed by atoms with Gasteiger partial charge in [0.2, 0.25) is 0 Å². The Kier molecular flexibility index (Phi) is 5.99. The van der Waals surface area contributed by atoms with Crippen molar-refractivity contribution in [2.75, 3.05) is 20.0 Å². The van der Waals surface area contributed by atoms with Gasteiger partial charge in [0.1, 0.15) is 5.60 Å². The number of nitrogen functional groups attached to an aromatic ring is 1. The number of nitrogens with two attached hydrogens (primary N) is 1. The van der Waals surface area contributed by atoms with Gasteiger partial charge >= 0.3 is 13.1 Å². The quantitative estimate of drug-likeness (QED) is 0.390. The highest BCUT2D eigenvalue weighted by Crippen LogP contribution is 2.20. The van der Waals surface area contributed by atoms with Gasteiger partial charge in [-0.3, -0.25) is 0 Å². The van der Waals surface area contributed by atoms with Crippen LogP contribution in [0.2, 0.25) is 0 Å². The molecule has 0 bridgehead atoms. The van der Waals surface area contributed by atoms with Crippen molar-refractivity contribution in [2.24, 2.45) is 0 Å². The molecule has 0 unspecified atom stereocenters. The van der Waals surface area contributed by atoms with E-state index in [1.807, 2.05) is 18.2 Å². The molecule has 6 heteroatoms. The van der Waals surface area contributed by atoms with Crippen molar-refractivity contribution in [2.45, 2.75) is 26.4 Å². The largest absolute Gasteiger partial charge is 0.500 e. The van der Waals surface area contributed by atoms with Crippen molar-refractivity contribution in [3.8, 4) is 0 Å². The van der Waals surface area contributed by atoms with E-state index in [9.17, 15) is 4.79 Å². The van der Waals surface area contributed by atoms with Gasteiger partial charge in [0, 0.05) is 19.9 Å². The summed E-state index contributed by atoms with van der Waals surface area (Å²) in [6.07, 6.45) is 1.63. The summed E-state index contributed by atoms with van der Waals surface area (Å²) in [5, 5.41) is 0. The van der Waals surface area contributed by atoms with Crippen LogP contribution in [0.5, 0.6) is 0 Å². The number of ether oxygens (including phenoxy) is 1. The first-order chi connectivity index (χ1) is 9.78. The smallest absolute Gasteiger partial charge is 0.457 e. The van der Waals surface area contributed by atoms with Crippen LogP contribution >= 0.6 is 0 Å². The second-order valence-corrected chi connectivity index (χ2v) is 5.53. The molecule has 0 aliphatic carbocycles. The SMILES string of the molecule is COB(OC)C(=Cc1ccccc1N)C(=O)OC(C)(C)C. The molecule has 0 atom stereocenters. The van der Waals surface area contributed by atoms with Crippen molar-refractivity contribution in [1.29, 1.82) is 0 Å². The van der Waals surface area contributed by atoms with Crippen LogP contribution in [0.25, 0.3) is 6.08 Å². The minimum Gasteiger partial charge on any atom is -0.457 e. The number of para-hydroxylation sites is 1. The normalized spacial score (nSPS) is 12.1. The zero-order chi connectivity index (χ0) is 16.0. The van der Waals surface area contributed by atoms with E-state index in [-0.39, 0.29) is 5.47 Å². The predicted molar refractivity (Wildman–Crippen MR) is 84.4 cm³/mol. The third-order valence-corrected chi connectivity index (χ3v) is 2.62. The number of carbonyl (C=O) groups is 1. The van der Waals surface area contributed by atoms with Crippen LogP contribution in [0.4, 0.5) is 5.69 Å². The number of anilines is 1. The van der Waals surface area contributed by atoms with Gasteiger partial charge in [-0.05, 0) is 38.5 Å². The Morgan fingerprint density at radius 1 is 1.19 bits per heavy atom. The summed E-state index contributed by atoms with van der Waals surface area (Å²) in [5.74, 6) is -0.501. The van der Waals surface area contributed by atoms with Crippen LogP contribution in [0, 0.1) is 0 Å². The first-order valence-corrected chi connectivity index (χ1v) is 6.63. The van der Waals surface area contributed by atoms with Crippen molar-refractivity contribution in [3.05, 3.63) is 35.3 Å². The molecule has 0 aliphatic rings. The molecule has 0 aromatic heterocycles. The summed E-state index contributed by atoms with van der Waals surface area (Å²) in [6, 6.07) is 7.22. The molecule has 0 heterocycles. The van der Waals surface area contributed by atoms with Crippen LogP contribution in [0.15, 0.2) is 29.7 Å². The third-order valence-electron chi connectivity index (χ3n) is 2.62. The van der Waals surface area contributed by atoms with Gasteiger partial charge in [0.15, 0.2) is 0 Å². The molecule has 0 aliphatic heterocycles. The lowest BCUT2D eigenvalue weighted by molar-refractivity contribution is -0.149. The molecule has 0 spiro atoms. The van der Waals surface area contributed by atoms with E-state index in [0.717, 1.165) is 0 Å². The fourth-order valence-corrected chi connectivity index (χ4v) is 1.72. The lowest BCUT2D eigenvalue weighted by Gasteiger charge is -2.22. The number of hydrogen-bond donors (Lipinski definition) is 1. The molecular weight excluding hydrogens is 269 g/mol. The van der Waals surface area contributed by atoms with Gasteiger partial charge < -0.3 is 19.8 Å². The number of benzene rings is 1. The highest BCUT2D eigenvalue weighted by Gasteiger charge is 2.31. The van der Waals surface area contributed by atoms with E-state index < -0.39 is 18.7 Å². The number of carbonyl (C=O) groups excluding carboxylic acids is 1. The predicted octanol–water partition coefficient (Wildman–Crippen LogP) is 2.31. The van der Waals surface area contributed by atoms with E-state index in [1.54, 1.807) is 32.9 Å². The molecule has 114 valence electrons. The lowest BCUT2D eigenvalue weighted by Crippen LogP contribution is -2.33. The first-order valence-electron chi connectivity index (χ1n) is 6.63. The molecule has 0 saturated heterocycles. The maximum atomic E-state index is 12.3. The summed E-state index contributed by atoms with van der Waals surface area (Å²) >= 11 is 0. The number of esters is 1. The summed E-state index contributed by atoms with van der Waals surface area (Å²) in [7, 11) is 2.10. The monoisotopic (exact) mass is 291 g/mol. The maximum Gasteiger partial charge on any atom is 0.500 e. The minimum atomic E-state index is -0.820. The molecule has 0 saturated carbocycles. The van der Waals surface area contributed by atoms with E-state index in [1.165, 1.54) is 14.2 Å². The van der Waals surface area contributed by atoms with Gasteiger partial charge in [-0.1, -0.05) is 18.2 Å². The topological polar surface area (TPSA) is 70.8 Å². The second kappa shape index (κ2) is 7.29. The Morgan fingerprint density at radius 2 is 1.76 bits per heavy atom. The average molecular weight is 291 g/mol. The second-order valence-electron chi connectivity index (χ2n) is 5.53. The molecule has 2 N–H and O–H groups in total. The van der Waals surface area contributed by atoms with Crippen LogP contribution in [0.3, 0.4) is 0 Å². The van der Waals surface area contributed by atoms with Gasteiger partial charge in [0.05, 0.1) is 5.47 Å². The molecule has 21 heavy (non-hydrogen) atoms. The van der Waals surface area contributed by atoms with Gasteiger partial charge in [0.25, 0.3) is 0 Å². The van der Waals surface area contributed by atoms with Crippen molar-refractivity contribution in [1.82, 2.24) is 0 Å². The molecule has 0 radical (unpaired) electrons. The van der Waals surface area contributed by atoms with Crippen molar-refractivity contribution < 1.29 is 18.8 Å². The summed E-state index contributed by atoms with van der Waals surface area (Å²) in [6.45, 7) is 5.40. The van der Waals surface area contributed by atoms with E-state index >= 15 is 0 Å². The molecule has 0 fully saturated rings. The maximum absolute atomic E-state index is 12.3. The Balaban J connectivity index is 3.20. The Labute approximate surface area is 126 Å². The standard InChI is InChI=1S/C15H22BNO4/c1-15(2,3)21-14(18)12(16(19-4)20-5)10-11-8-6-7-9-13(11)17/h6-10H,17H2,1-5H3. The Bertz CT molecular complexity index is 519. The van der Waals surface area contributed by atoms with Crippen molar-refractivity contribution >= 4 is 24.9 Å². The summed E-state index contributed by atoms with van der Waals surface area (Å²) < 4.78 is 15.7. The van der Waals surface area contributed by atoms with E-state index in [4.69, 9.17) is 19.8 Å². The Hall–Kier alpha value is -1.79. The number of hydrogen-bond acceptors (Lipinski definition) is 5. The van der Waals surface area contributed by atoms with Gasteiger partial charge in [-0.2, -0.15) is 0 Å². The lowest BCUT2D eigenvalue weighted by atomic mass is 9.76. The zero-order valence-corrected chi connectivity index (χ0v) is 13.2. The molecule has 1 rings (SSSR count). The van der Waals surface area contributed by atoms with E-state index in [0.29, 0.717) is 11.3 Å². The average Bonchev–Trinajstić information content (AvgIpc) is 2.39. The molecule has 1 aromatic rings. The molecule has 1 aromatic carbocycles. The fraction of sp³-hybridized carbons (Fsp3) is 0.400. The molecule has 0 amide bonds. The zero-order valence-electron chi connectivity index (χ0n) is 13.2. The van der Waals surface area contributed by atoms with Crippen molar-refractivity contribution in [3.63, 3.8) is 0 Å². The number of rotatable bonds is 5.